The summed E-state index contributed by atoms with van der Waals surface area (Å²) in [4.78, 5) is 23.0. The first-order valence-corrected chi connectivity index (χ1v) is 7.35. The van der Waals surface area contributed by atoms with Gasteiger partial charge in [0.1, 0.15) is 0 Å². The summed E-state index contributed by atoms with van der Waals surface area (Å²) in [5.74, 6) is -0.677. The van der Waals surface area contributed by atoms with Crippen LogP contribution in [0.3, 0.4) is 0 Å². The normalized spacial score (nSPS) is 10.4. The zero-order chi connectivity index (χ0) is 14.1. The van der Waals surface area contributed by atoms with Gasteiger partial charge < -0.3 is 0 Å². The van der Waals surface area contributed by atoms with Crippen molar-refractivity contribution in [2.24, 2.45) is 0 Å². The van der Waals surface area contributed by atoms with Crippen LogP contribution in [0.1, 0.15) is 68.3 Å². The minimum Gasteiger partial charge on any atom is -0.290 e. The molecule has 0 unspecified atom stereocenters. The van der Waals surface area contributed by atoms with Crippen LogP contribution in [0, 0.1) is 0 Å². The minimum absolute atomic E-state index is 0.276. The topological polar surface area (TPSA) is 34.1 Å². The SMILES string of the molecule is CCCCCCCc1ccc(C(=O)C(=O)CC)cc1. The molecule has 0 atom stereocenters. The highest BCUT2D eigenvalue weighted by atomic mass is 16.2. The number of carbonyl (C=O) groups excluding carboxylic acids is 2. The van der Waals surface area contributed by atoms with E-state index in [9.17, 15) is 9.59 Å². The lowest BCUT2D eigenvalue weighted by molar-refractivity contribution is -0.114. The van der Waals surface area contributed by atoms with Crippen LogP contribution in [0.4, 0.5) is 0 Å². The molecule has 0 aliphatic carbocycles. The highest BCUT2D eigenvalue weighted by Crippen LogP contribution is 2.11. The molecule has 2 nitrogen and oxygen atoms in total. The number of benzene rings is 1. The molecule has 1 aromatic rings. The van der Waals surface area contributed by atoms with E-state index in [1.807, 2.05) is 12.1 Å². The summed E-state index contributed by atoms with van der Waals surface area (Å²) in [6.45, 7) is 3.93. The van der Waals surface area contributed by atoms with Crippen LogP contribution >= 0.6 is 0 Å². The zero-order valence-electron chi connectivity index (χ0n) is 12.1. The van der Waals surface area contributed by atoms with Crippen LogP contribution in [0.2, 0.25) is 0 Å². The largest absolute Gasteiger partial charge is 0.290 e. The minimum atomic E-state index is -0.364. The molecular formula is C17H24O2. The van der Waals surface area contributed by atoms with E-state index in [0.29, 0.717) is 5.56 Å². The summed E-state index contributed by atoms with van der Waals surface area (Å²) in [6, 6.07) is 7.49. The molecule has 0 saturated heterocycles. The van der Waals surface area contributed by atoms with Crippen LogP contribution in [0.25, 0.3) is 0 Å². The van der Waals surface area contributed by atoms with Crippen molar-refractivity contribution >= 4 is 11.6 Å². The second kappa shape index (κ2) is 8.63. The third-order valence-electron chi connectivity index (χ3n) is 3.36. The highest BCUT2D eigenvalue weighted by molar-refractivity contribution is 6.43. The van der Waals surface area contributed by atoms with E-state index >= 15 is 0 Å². The van der Waals surface area contributed by atoms with Gasteiger partial charge in [-0.25, -0.2) is 0 Å². The van der Waals surface area contributed by atoms with Crippen molar-refractivity contribution in [3.63, 3.8) is 0 Å². The first kappa shape index (κ1) is 15.6. The monoisotopic (exact) mass is 260 g/mol. The molecule has 0 radical (unpaired) electrons. The second-order valence-corrected chi connectivity index (χ2v) is 4.97. The third kappa shape index (κ3) is 5.37. The second-order valence-electron chi connectivity index (χ2n) is 4.97. The van der Waals surface area contributed by atoms with E-state index in [1.165, 1.54) is 37.7 Å². The number of carbonyl (C=O) groups is 2. The maximum Gasteiger partial charge on any atom is 0.228 e. The maximum atomic E-state index is 11.7. The van der Waals surface area contributed by atoms with Gasteiger partial charge in [-0.1, -0.05) is 63.8 Å². The molecule has 1 rings (SSSR count). The molecule has 0 aliphatic rings. The van der Waals surface area contributed by atoms with Crippen LogP contribution in [-0.4, -0.2) is 11.6 Å². The fourth-order valence-corrected chi connectivity index (χ4v) is 2.08. The lowest BCUT2D eigenvalue weighted by Crippen LogP contribution is -2.12. The Bertz CT molecular complexity index is 404. The van der Waals surface area contributed by atoms with E-state index < -0.39 is 0 Å². The van der Waals surface area contributed by atoms with Gasteiger partial charge in [0.15, 0.2) is 0 Å². The Morgan fingerprint density at radius 2 is 1.53 bits per heavy atom. The van der Waals surface area contributed by atoms with Crippen molar-refractivity contribution in [3.8, 4) is 0 Å². The molecule has 19 heavy (non-hydrogen) atoms. The van der Waals surface area contributed by atoms with Gasteiger partial charge in [-0.3, -0.25) is 9.59 Å². The Morgan fingerprint density at radius 1 is 0.895 bits per heavy atom. The predicted molar refractivity (Wildman–Crippen MR) is 78.5 cm³/mol. The van der Waals surface area contributed by atoms with Crippen LogP contribution in [-0.2, 0) is 11.2 Å². The molecule has 0 fully saturated rings. The van der Waals surface area contributed by atoms with Gasteiger partial charge in [-0.05, 0) is 18.4 Å². The van der Waals surface area contributed by atoms with E-state index in [1.54, 1.807) is 19.1 Å². The van der Waals surface area contributed by atoms with Crippen LogP contribution in [0.5, 0.6) is 0 Å². The summed E-state index contributed by atoms with van der Waals surface area (Å²) in [6.07, 6.45) is 7.68. The average molecular weight is 260 g/mol. The molecule has 0 N–H and O–H groups in total. The number of hydrogen-bond donors (Lipinski definition) is 0. The summed E-state index contributed by atoms with van der Waals surface area (Å²) >= 11 is 0. The number of hydrogen-bond acceptors (Lipinski definition) is 2. The van der Waals surface area contributed by atoms with E-state index in [0.717, 1.165) is 6.42 Å². The van der Waals surface area contributed by atoms with Crippen molar-refractivity contribution in [2.75, 3.05) is 0 Å². The molecule has 1 aromatic carbocycles. The van der Waals surface area contributed by atoms with Gasteiger partial charge in [0.25, 0.3) is 0 Å². The predicted octanol–water partition coefficient (Wildman–Crippen LogP) is 4.36. The molecule has 0 aliphatic heterocycles. The molecular weight excluding hydrogens is 236 g/mol. The fourth-order valence-electron chi connectivity index (χ4n) is 2.08. The Labute approximate surface area is 116 Å². The summed E-state index contributed by atoms with van der Waals surface area (Å²) < 4.78 is 0. The lowest BCUT2D eigenvalue weighted by Gasteiger charge is -2.03. The van der Waals surface area contributed by atoms with E-state index in [4.69, 9.17) is 0 Å². The molecule has 0 spiro atoms. The number of Topliss-reactive ketones (excluding diaryl/α,β-unsaturated/α-hetero) is 2. The third-order valence-corrected chi connectivity index (χ3v) is 3.36. The molecule has 0 aromatic heterocycles. The molecule has 0 amide bonds. The number of ketones is 2. The van der Waals surface area contributed by atoms with Crippen molar-refractivity contribution in [1.82, 2.24) is 0 Å². The molecule has 104 valence electrons. The van der Waals surface area contributed by atoms with Gasteiger partial charge in [-0.2, -0.15) is 0 Å². The lowest BCUT2D eigenvalue weighted by atomic mass is 10.0. The number of rotatable bonds is 9. The highest BCUT2D eigenvalue weighted by Gasteiger charge is 2.13. The standard InChI is InChI=1S/C17H24O2/c1-3-5-6-7-8-9-14-10-12-15(13-11-14)17(19)16(18)4-2/h10-13H,3-9H2,1-2H3. The van der Waals surface area contributed by atoms with Crippen LogP contribution in [0.15, 0.2) is 24.3 Å². The van der Waals surface area contributed by atoms with Crippen molar-refractivity contribution in [1.29, 1.82) is 0 Å². The Morgan fingerprint density at radius 3 is 2.11 bits per heavy atom. The fraction of sp³-hybridized carbons (Fsp3) is 0.529. The first-order valence-electron chi connectivity index (χ1n) is 7.35. The Balaban J connectivity index is 2.43. The van der Waals surface area contributed by atoms with E-state index in [2.05, 4.69) is 6.92 Å². The first-order chi connectivity index (χ1) is 9.19. The van der Waals surface area contributed by atoms with Gasteiger partial charge >= 0.3 is 0 Å². The van der Waals surface area contributed by atoms with E-state index in [-0.39, 0.29) is 18.0 Å². The van der Waals surface area contributed by atoms with Crippen molar-refractivity contribution in [3.05, 3.63) is 35.4 Å². The molecule has 0 bridgehead atoms. The summed E-state index contributed by atoms with van der Waals surface area (Å²) in [5.41, 5.74) is 1.76. The Hall–Kier alpha value is -1.44. The van der Waals surface area contributed by atoms with Gasteiger partial charge in [0.2, 0.25) is 11.6 Å². The maximum absolute atomic E-state index is 11.7. The molecule has 0 heterocycles. The number of aryl methyl sites for hydroxylation is 1. The summed E-state index contributed by atoms with van der Waals surface area (Å²) in [5, 5.41) is 0. The van der Waals surface area contributed by atoms with Crippen LogP contribution < -0.4 is 0 Å². The average Bonchev–Trinajstić information content (AvgIpc) is 2.46. The summed E-state index contributed by atoms with van der Waals surface area (Å²) in [7, 11) is 0. The molecule has 0 saturated carbocycles. The van der Waals surface area contributed by atoms with Gasteiger partial charge in [-0.15, -0.1) is 0 Å². The Kier molecular flexibility index (Phi) is 7.09. The zero-order valence-corrected chi connectivity index (χ0v) is 12.1. The smallest absolute Gasteiger partial charge is 0.228 e. The van der Waals surface area contributed by atoms with Crippen molar-refractivity contribution in [2.45, 2.75) is 58.8 Å². The van der Waals surface area contributed by atoms with Crippen molar-refractivity contribution < 1.29 is 9.59 Å². The van der Waals surface area contributed by atoms with Gasteiger partial charge in [0.05, 0.1) is 0 Å². The molecule has 2 heteroatoms. The quantitative estimate of drug-likeness (QED) is 0.375. The number of unbranched alkanes of at least 4 members (excludes halogenated alkanes) is 4. The van der Waals surface area contributed by atoms with Gasteiger partial charge in [0, 0.05) is 12.0 Å².